The van der Waals surface area contributed by atoms with Crippen molar-refractivity contribution in [3.63, 3.8) is 0 Å². The third-order valence-electron chi connectivity index (χ3n) is 3.03. The van der Waals surface area contributed by atoms with Gasteiger partial charge in [-0.05, 0) is 6.42 Å². The molecule has 0 aromatic rings. The summed E-state index contributed by atoms with van der Waals surface area (Å²) in [6, 6.07) is -2.59. The fourth-order valence-electron chi connectivity index (χ4n) is 1.72. The highest BCUT2D eigenvalue weighted by Crippen LogP contribution is 2.08. The van der Waals surface area contributed by atoms with Gasteiger partial charge < -0.3 is 21.3 Å². The van der Waals surface area contributed by atoms with Crippen LogP contribution in [0.15, 0.2) is 0 Å². The van der Waals surface area contributed by atoms with E-state index in [0.29, 0.717) is 16.7 Å². The number of nitrogens with zero attached hydrogens (tertiary/aromatic N) is 1. The summed E-state index contributed by atoms with van der Waals surface area (Å²) < 4.78 is 0. The van der Waals surface area contributed by atoms with Crippen LogP contribution in [0.5, 0.6) is 0 Å². The number of aliphatic carboxylic acids is 2. The molecular weight excluding hydrogens is 370 g/mol. The van der Waals surface area contributed by atoms with Crippen LogP contribution in [0, 0.1) is 0 Å². The first-order valence-electron chi connectivity index (χ1n) is 7.40. The summed E-state index contributed by atoms with van der Waals surface area (Å²) in [5.41, 5.74) is 5.28. The second-order valence-corrected chi connectivity index (χ2v) is 6.44. The molecule has 11 nitrogen and oxygen atoms in total. The number of carboxylic acids is 2. The predicted octanol–water partition coefficient (Wildman–Crippen LogP) is -1.60. The minimum Gasteiger partial charge on any atom is -0.480 e. The molecule has 0 aliphatic carbocycles. The SMILES string of the molecule is CC(=O)SCC(NC(=O)CCC(N)C(=O)O)C(=O)N(CC(=O)O)C(C)=O. The fraction of sp³-hybridized carbons (Fsp3) is 0.571. The van der Waals surface area contributed by atoms with Crippen molar-refractivity contribution in [3.05, 3.63) is 0 Å². The Morgan fingerprint density at radius 3 is 2.12 bits per heavy atom. The number of carbonyl (C=O) groups excluding carboxylic acids is 4. The zero-order valence-corrected chi connectivity index (χ0v) is 15.1. The van der Waals surface area contributed by atoms with E-state index in [1.165, 1.54) is 6.92 Å². The molecule has 0 aromatic heterocycles. The van der Waals surface area contributed by atoms with E-state index in [1.807, 2.05) is 0 Å². The Morgan fingerprint density at radius 1 is 1.12 bits per heavy atom. The molecule has 0 spiro atoms. The lowest BCUT2D eigenvalue weighted by molar-refractivity contribution is -0.152. The molecule has 0 aliphatic rings. The third-order valence-corrected chi connectivity index (χ3v) is 3.93. The number of amides is 3. The number of imide groups is 1. The maximum Gasteiger partial charge on any atom is 0.323 e. The van der Waals surface area contributed by atoms with Crippen LogP contribution in [0.25, 0.3) is 0 Å². The second-order valence-electron chi connectivity index (χ2n) is 5.24. The summed E-state index contributed by atoms with van der Waals surface area (Å²) in [4.78, 5) is 68.8. The molecular formula is C14H21N3O8S. The van der Waals surface area contributed by atoms with Crippen molar-refractivity contribution in [2.75, 3.05) is 12.3 Å². The molecule has 2 atom stereocenters. The normalized spacial score (nSPS) is 12.6. The van der Waals surface area contributed by atoms with Crippen molar-refractivity contribution < 1.29 is 39.0 Å². The number of nitrogens with two attached hydrogens (primary N) is 1. The zero-order chi connectivity index (χ0) is 20.4. The highest BCUT2D eigenvalue weighted by atomic mass is 32.2. The molecule has 3 amide bonds. The molecule has 12 heteroatoms. The van der Waals surface area contributed by atoms with E-state index in [2.05, 4.69) is 5.32 Å². The first-order chi connectivity index (χ1) is 12.0. The van der Waals surface area contributed by atoms with Gasteiger partial charge in [-0.2, -0.15) is 0 Å². The Bertz CT molecular complexity index is 595. The number of carbonyl (C=O) groups is 6. The average molecular weight is 391 g/mol. The van der Waals surface area contributed by atoms with Crippen molar-refractivity contribution in [3.8, 4) is 0 Å². The van der Waals surface area contributed by atoms with Crippen molar-refractivity contribution >= 4 is 46.5 Å². The van der Waals surface area contributed by atoms with Crippen LogP contribution < -0.4 is 11.1 Å². The van der Waals surface area contributed by atoms with E-state index in [-0.39, 0.29) is 23.7 Å². The van der Waals surface area contributed by atoms with Crippen molar-refractivity contribution in [2.24, 2.45) is 5.73 Å². The lowest BCUT2D eigenvalue weighted by Crippen LogP contribution is -2.52. The van der Waals surface area contributed by atoms with Crippen molar-refractivity contribution in [1.29, 1.82) is 0 Å². The first kappa shape index (κ1) is 23.5. The van der Waals surface area contributed by atoms with Crippen LogP contribution in [0.4, 0.5) is 0 Å². The summed E-state index contributed by atoms with van der Waals surface area (Å²) >= 11 is 0.708. The highest BCUT2D eigenvalue weighted by Gasteiger charge is 2.30. The molecule has 0 saturated carbocycles. The highest BCUT2D eigenvalue weighted by molar-refractivity contribution is 8.13. The van der Waals surface area contributed by atoms with E-state index >= 15 is 0 Å². The molecule has 0 bridgehead atoms. The van der Waals surface area contributed by atoms with Crippen molar-refractivity contribution in [1.82, 2.24) is 10.2 Å². The molecule has 26 heavy (non-hydrogen) atoms. The maximum atomic E-state index is 12.4. The largest absolute Gasteiger partial charge is 0.480 e. The summed E-state index contributed by atoms with van der Waals surface area (Å²) in [5.74, 6) is -5.47. The number of hydrogen-bond acceptors (Lipinski definition) is 8. The molecule has 0 radical (unpaired) electrons. The Balaban J connectivity index is 5.12. The number of hydrogen-bond donors (Lipinski definition) is 4. The Labute approximate surface area is 153 Å². The maximum absolute atomic E-state index is 12.4. The Morgan fingerprint density at radius 2 is 1.69 bits per heavy atom. The van der Waals surface area contributed by atoms with Gasteiger partial charge in [0.25, 0.3) is 5.91 Å². The van der Waals surface area contributed by atoms with Gasteiger partial charge in [0, 0.05) is 26.0 Å². The molecule has 0 heterocycles. The van der Waals surface area contributed by atoms with Gasteiger partial charge in [0.15, 0.2) is 5.12 Å². The molecule has 0 aliphatic heterocycles. The van der Waals surface area contributed by atoms with Crippen molar-refractivity contribution in [2.45, 2.75) is 38.8 Å². The van der Waals surface area contributed by atoms with E-state index in [1.54, 1.807) is 0 Å². The van der Waals surface area contributed by atoms with Gasteiger partial charge in [0.1, 0.15) is 18.6 Å². The smallest absolute Gasteiger partial charge is 0.323 e. The summed E-state index contributed by atoms with van der Waals surface area (Å²) in [5, 5.41) is 19.4. The molecule has 0 rings (SSSR count). The minimum absolute atomic E-state index is 0.187. The first-order valence-corrected chi connectivity index (χ1v) is 8.39. The van der Waals surface area contributed by atoms with Gasteiger partial charge in [-0.15, -0.1) is 0 Å². The molecule has 146 valence electrons. The molecule has 5 N–H and O–H groups in total. The standard InChI is InChI=1S/C14H21N3O8S/c1-7(18)17(5-12(21)22)13(23)10(6-26-8(2)19)16-11(20)4-3-9(15)14(24)25/h9-10H,3-6,15H2,1-2H3,(H,16,20)(H,21,22)(H,24,25). The van der Waals surface area contributed by atoms with E-state index in [4.69, 9.17) is 15.9 Å². The fourth-order valence-corrected chi connectivity index (χ4v) is 2.35. The third kappa shape index (κ3) is 9.13. The number of rotatable bonds is 10. The van der Waals surface area contributed by atoms with Crippen LogP contribution >= 0.6 is 11.8 Å². The predicted molar refractivity (Wildman–Crippen MR) is 89.9 cm³/mol. The quantitative estimate of drug-likeness (QED) is 0.338. The van der Waals surface area contributed by atoms with Gasteiger partial charge in [-0.3, -0.25) is 33.7 Å². The second kappa shape index (κ2) is 11.2. The molecule has 0 aromatic carbocycles. The van der Waals surface area contributed by atoms with Gasteiger partial charge in [0.2, 0.25) is 11.8 Å². The number of thioether (sulfide) groups is 1. The van der Waals surface area contributed by atoms with Crippen LogP contribution in [0.1, 0.15) is 26.7 Å². The average Bonchev–Trinajstić information content (AvgIpc) is 2.52. The van der Waals surface area contributed by atoms with Gasteiger partial charge in [-0.25, -0.2) is 0 Å². The van der Waals surface area contributed by atoms with Gasteiger partial charge in [-0.1, -0.05) is 11.8 Å². The van der Waals surface area contributed by atoms with E-state index in [0.717, 1.165) is 6.92 Å². The van der Waals surface area contributed by atoms with E-state index < -0.39 is 48.3 Å². The monoisotopic (exact) mass is 391 g/mol. The minimum atomic E-state index is -1.43. The van der Waals surface area contributed by atoms with E-state index in [9.17, 15) is 28.8 Å². The summed E-state index contributed by atoms with van der Waals surface area (Å²) in [6.45, 7) is 1.33. The Hall–Kier alpha value is -2.47. The molecule has 0 fully saturated rings. The Kier molecular flexibility index (Phi) is 10.1. The van der Waals surface area contributed by atoms with Crippen LogP contribution in [-0.2, 0) is 28.8 Å². The van der Waals surface area contributed by atoms with Gasteiger partial charge in [0.05, 0.1) is 0 Å². The summed E-state index contributed by atoms with van der Waals surface area (Å²) in [7, 11) is 0. The number of nitrogens with one attached hydrogen (secondary N) is 1. The van der Waals surface area contributed by atoms with Crippen LogP contribution in [0.2, 0.25) is 0 Å². The lowest BCUT2D eigenvalue weighted by Gasteiger charge is -2.24. The molecule has 2 unspecified atom stereocenters. The van der Waals surface area contributed by atoms with Gasteiger partial charge >= 0.3 is 11.9 Å². The topological polar surface area (TPSA) is 184 Å². The summed E-state index contributed by atoms with van der Waals surface area (Å²) in [6.07, 6.45) is -0.492. The van der Waals surface area contributed by atoms with Crippen LogP contribution in [-0.4, -0.2) is 74.3 Å². The molecule has 0 saturated heterocycles. The lowest BCUT2D eigenvalue weighted by atomic mass is 10.1. The number of carboxylic acid groups (broad SMARTS) is 2. The van der Waals surface area contributed by atoms with Crippen LogP contribution in [0.3, 0.4) is 0 Å². The zero-order valence-electron chi connectivity index (χ0n) is 14.3.